The largest absolute Gasteiger partial charge is 0.475 e. The highest BCUT2D eigenvalue weighted by Crippen LogP contribution is 1.99. The van der Waals surface area contributed by atoms with Crippen molar-refractivity contribution in [2.45, 2.75) is 0 Å². The summed E-state index contributed by atoms with van der Waals surface area (Å²) in [5, 5.41) is 15.7. The van der Waals surface area contributed by atoms with Crippen molar-refractivity contribution in [2.75, 3.05) is 0 Å². The summed E-state index contributed by atoms with van der Waals surface area (Å²) in [7, 11) is 0. The Bertz CT molecular complexity index is 436. The minimum absolute atomic E-state index is 0.104. The lowest BCUT2D eigenvalue weighted by atomic mass is 10.6. The van der Waals surface area contributed by atoms with Gasteiger partial charge in [0.25, 0.3) is 0 Å². The second-order valence-electron chi connectivity index (χ2n) is 2.13. The molecule has 60 valence electrons. The zero-order valence-electron chi connectivity index (χ0n) is 5.88. The average molecular weight is 164 g/mol. The molecule has 0 saturated heterocycles. The Balaban J connectivity index is 2.79. The first-order valence-corrected chi connectivity index (χ1v) is 3.17. The second kappa shape index (κ2) is 2.26. The van der Waals surface area contributed by atoms with Crippen molar-refractivity contribution in [3.05, 3.63) is 24.4 Å². The van der Waals surface area contributed by atoms with E-state index < -0.39 is 5.97 Å². The van der Waals surface area contributed by atoms with Gasteiger partial charge in [0.15, 0.2) is 5.65 Å². The average Bonchev–Trinajstić information content (AvgIpc) is 2.47. The molecule has 0 aromatic carbocycles. The van der Waals surface area contributed by atoms with Gasteiger partial charge in [-0.15, -0.1) is 10.2 Å². The molecule has 0 saturated carbocycles. The molecule has 0 fully saturated rings. The SMILES string of the molecule is O=C(O)c1nnc2cnccn12. The summed E-state index contributed by atoms with van der Waals surface area (Å²) in [6, 6.07) is 0. The molecule has 0 atom stereocenters. The Labute approximate surface area is 66.5 Å². The standard InChI is InChI=1S/C6H4N4O2/c11-6(12)5-9-8-4-3-7-1-2-10(4)5/h1-3H,(H,11,12). The zero-order valence-corrected chi connectivity index (χ0v) is 5.88. The van der Waals surface area contributed by atoms with Gasteiger partial charge in [0, 0.05) is 12.4 Å². The molecule has 1 N–H and O–H groups in total. The van der Waals surface area contributed by atoms with Crippen LogP contribution in [0.5, 0.6) is 0 Å². The molecule has 0 radical (unpaired) electrons. The lowest BCUT2D eigenvalue weighted by molar-refractivity contribution is 0.0682. The predicted octanol–water partition coefficient (Wildman–Crippen LogP) is -0.178. The van der Waals surface area contributed by atoms with E-state index in [9.17, 15) is 4.79 Å². The van der Waals surface area contributed by atoms with Gasteiger partial charge in [0.1, 0.15) is 0 Å². The number of aromatic carboxylic acids is 1. The van der Waals surface area contributed by atoms with Crippen LogP contribution in [0, 0.1) is 0 Å². The second-order valence-corrected chi connectivity index (χ2v) is 2.13. The van der Waals surface area contributed by atoms with Crippen LogP contribution in [0.2, 0.25) is 0 Å². The van der Waals surface area contributed by atoms with Gasteiger partial charge in [-0.3, -0.25) is 9.38 Å². The van der Waals surface area contributed by atoms with E-state index in [2.05, 4.69) is 15.2 Å². The third-order valence-corrected chi connectivity index (χ3v) is 1.41. The van der Waals surface area contributed by atoms with E-state index in [1.807, 2.05) is 0 Å². The van der Waals surface area contributed by atoms with Crippen LogP contribution < -0.4 is 0 Å². The van der Waals surface area contributed by atoms with E-state index in [1.165, 1.54) is 23.0 Å². The van der Waals surface area contributed by atoms with Gasteiger partial charge in [-0.05, 0) is 0 Å². The van der Waals surface area contributed by atoms with Crippen molar-refractivity contribution < 1.29 is 9.90 Å². The van der Waals surface area contributed by atoms with E-state index in [-0.39, 0.29) is 5.82 Å². The summed E-state index contributed by atoms with van der Waals surface area (Å²) in [6.45, 7) is 0. The quantitative estimate of drug-likeness (QED) is 0.632. The lowest BCUT2D eigenvalue weighted by Crippen LogP contribution is -2.03. The van der Waals surface area contributed by atoms with Gasteiger partial charge in [-0.2, -0.15) is 0 Å². The number of rotatable bonds is 1. The number of nitrogens with zero attached hydrogens (tertiary/aromatic N) is 4. The minimum atomic E-state index is -1.10. The summed E-state index contributed by atoms with van der Waals surface area (Å²) in [6.07, 6.45) is 4.42. The Kier molecular flexibility index (Phi) is 1.26. The molecule has 6 heteroatoms. The summed E-state index contributed by atoms with van der Waals surface area (Å²) >= 11 is 0. The summed E-state index contributed by atoms with van der Waals surface area (Å²) in [5.74, 6) is -1.21. The number of hydrogen-bond acceptors (Lipinski definition) is 4. The van der Waals surface area contributed by atoms with Crippen LogP contribution in [0.15, 0.2) is 18.6 Å². The van der Waals surface area contributed by atoms with E-state index in [0.29, 0.717) is 5.65 Å². The van der Waals surface area contributed by atoms with Crippen molar-refractivity contribution in [3.63, 3.8) is 0 Å². The molecule has 2 heterocycles. The Morgan fingerprint density at radius 1 is 1.50 bits per heavy atom. The van der Waals surface area contributed by atoms with Crippen LogP contribution in [0.3, 0.4) is 0 Å². The highest BCUT2D eigenvalue weighted by atomic mass is 16.4. The highest BCUT2D eigenvalue weighted by molar-refractivity contribution is 5.84. The van der Waals surface area contributed by atoms with Crippen molar-refractivity contribution >= 4 is 11.6 Å². The van der Waals surface area contributed by atoms with E-state index in [1.54, 1.807) is 0 Å². The Morgan fingerprint density at radius 3 is 3.08 bits per heavy atom. The van der Waals surface area contributed by atoms with Gasteiger partial charge < -0.3 is 5.11 Å². The van der Waals surface area contributed by atoms with Crippen LogP contribution >= 0.6 is 0 Å². The number of carbonyl (C=O) groups is 1. The number of carboxylic acid groups (broad SMARTS) is 1. The smallest absolute Gasteiger partial charge is 0.374 e. The van der Waals surface area contributed by atoms with Gasteiger partial charge in [-0.25, -0.2) is 4.79 Å². The van der Waals surface area contributed by atoms with Crippen LogP contribution in [-0.2, 0) is 0 Å². The molecule has 0 aliphatic rings. The summed E-state index contributed by atoms with van der Waals surface area (Å²) < 4.78 is 1.36. The number of fused-ring (bicyclic) bond motifs is 1. The lowest BCUT2D eigenvalue weighted by Gasteiger charge is -1.90. The molecule has 2 aromatic heterocycles. The van der Waals surface area contributed by atoms with Gasteiger partial charge in [-0.1, -0.05) is 0 Å². The predicted molar refractivity (Wildman–Crippen MR) is 37.7 cm³/mol. The van der Waals surface area contributed by atoms with Crippen molar-refractivity contribution in [2.24, 2.45) is 0 Å². The maximum absolute atomic E-state index is 10.5. The minimum Gasteiger partial charge on any atom is -0.475 e. The van der Waals surface area contributed by atoms with Crippen molar-refractivity contribution in [3.8, 4) is 0 Å². The molecular weight excluding hydrogens is 160 g/mol. The zero-order chi connectivity index (χ0) is 8.55. The molecular formula is C6H4N4O2. The first-order chi connectivity index (χ1) is 5.79. The van der Waals surface area contributed by atoms with Gasteiger partial charge >= 0.3 is 5.97 Å². The fourth-order valence-corrected chi connectivity index (χ4v) is 0.899. The van der Waals surface area contributed by atoms with E-state index in [0.717, 1.165) is 0 Å². The molecule has 0 spiro atoms. The van der Waals surface area contributed by atoms with Crippen molar-refractivity contribution in [1.29, 1.82) is 0 Å². The molecule has 2 rings (SSSR count). The van der Waals surface area contributed by atoms with E-state index in [4.69, 9.17) is 5.11 Å². The van der Waals surface area contributed by atoms with Crippen molar-refractivity contribution in [1.82, 2.24) is 19.6 Å². The highest BCUT2D eigenvalue weighted by Gasteiger charge is 2.11. The Hall–Kier alpha value is -1.98. The number of carboxylic acids is 1. The van der Waals surface area contributed by atoms with Gasteiger partial charge in [0.2, 0.25) is 5.82 Å². The maximum Gasteiger partial charge on any atom is 0.374 e. The topological polar surface area (TPSA) is 80.4 Å². The normalized spacial score (nSPS) is 10.3. The van der Waals surface area contributed by atoms with Crippen LogP contribution in [0.25, 0.3) is 5.65 Å². The van der Waals surface area contributed by atoms with E-state index >= 15 is 0 Å². The van der Waals surface area contributed by atoms with Crippen LogP contribution in [-0.4, -0.2) is 30.7 Å². The number of hydrogen-bond donors (Lipinski definition) is 1. The maximum atomic E-state index is 10.5. The molecule has 0 aliphatic carbocycles. The number of aromatic nitrogens is 4. The molecule has 6 nitrogen and oxygen atoms in total. The molecule has 0 amide bonds. The molecule has 0 aliphatic heterocycles. The monoisotopic (exact) mass is 164 g/mol. The fourth-order valence-electron chi connectivity index (χ4n) is 0.899. The fraction of sp³-hybridized carbons (Fsp3) is 0. The molecule has 12 heavy (non-hydrogen) atoms. The summed E-state index contributed by atoms with van der Waals surface area (Å²) in [5.41, 5.74) is 0.426. The van der Waals surface area contributed by atoms with Crippen LogP contribution in [0.1, 0.15) is 10.6 Å². The molecule has 2 aromatic rings. The molecule has 0 unspecified atom stereocenters. The molecule has 0 bridgehead atoms. The Morgan fingerprint density at radius 2 is 2.33 bits per heavy atom. The first-order valence-electron chi connectivity index (χ1n) is 3.17. The third kappa shape index (κ3) is 0.815. The van der Waals surface area contributed by atoms with Crippen LogP contribution in [0.4, 0.5) is 0 Å². The third-order valence-electron chi connectivity index (χ3n) is 1.41. The first kappa shape index (κ1) is 6.71. The van der Waals surface area contributed by atoms with Gasteiger partial charge in [0.05, 0.1) is 6.20 Å². The summed E-state index contributed by atoms with van der Waals surface area (Å²) in [4.78, 5) is 14.3.